The zero-order chi connectivity index (χ0) is 17.6. The van der Waals surface area contributed by atoms with Crippen molar-refractivity contribution in [2.24, 2.45) is 0 Å². The third kappa shape index (κ3) is 4.29. The number of pyridine rings is 1. The fraction of sp³-hybridized carbons (Fsp3) is 0.0556. The van der Waals surface area contributed by atoms with Crippen LogP contribution in [0.5, 0.6) is 0 Å². The summed E-state index contributed by atoms with van der Waals surface area (Å²) in [7, 11) is 0. The first kappa shape index (κ1) is 16.4. The third-order valence-corrected chi connectivity index (χ3v) is 3.30. The highest BCUT2D eigenvalue weighted by atomic mass is 19.1. The molecule has 126 valence electrons. The summed E-state index contributed by atoms with van der Waals surface area (Å²) in [6, 6.07) is 10.7. The van der Waals surface area contributed by atoms with E-state index in [0.29, 0.717) is 17.1 Å². The van der Waals surface area contributed by atoms with Crippen LogP contribution < -0.4 is 10.6 Å². The number of nitrogens with one attached hydrogen (secondary N) is 2. The number of carbonyl (C=O) groups is 1. The van der Waals surface area contributed by atoms with Gasteiger partial charge in [-0.1, -0.05) is 5.16 Å². The topological polar surface area (TPSA) is 80.0 Å². The molecular formula is C18H15FN4O2. The van der Waals surface area contributed by atoms with E-state index in [1.54, 1.807) is 31.5 Å². The fourth-order valence-electron chi connectivity index (χ4n) is 2.08. The highest BCUT2D eigenvalue weighted by Crippen LogP contribution is 2.18. The molecule has 2 N–H and O–H groups in total. The van der Waals surface area contributed by atoms with Crippen LogP contribution in [0.3, 0.4) is 0 Å². The average Bonchev–Trinajstić information content (AvgIpc) is 3.04. The number of nitrogens with zero attached hydrogens (tertiary/aromatic N) is 2. The third-order valence-electron chi connectivity index (χ3n) is 3.30. The van der Waals surface area contributed by atoms with Crippen LogP contribution in [0.1, 0.15) is 11.5 Å². The molecule has 1 aromatic carbocycles. The van der Waals surface area contributed by atoms with Gasteiger partial charge in [0.25, 0.3) is 5.91 Å². The van der Waals surface area contributed by atoms with E-state index in [-0.39, 0.29) is 11.4 Å². The van der Waals surface area contributed by atoms with Crippen LogP contribution >= 0.6 is 0 Å². The molecule has 0 aliphatic rings. The van der Waals surface area contributed by atoms with Crippen LogP contribution in [-0.2, 0) is 4.79 Å². The van der Waals surface area contributed by atoms with Crippen molar-refractivity contribution in [3.8, 4) is 0 Å². The van der Waals surface area contributed by atoms with Crippen molar-refractivity contribution in [1.82, 2.24) is 10.1 Å². The number of aromatic nitrogens is 2. The summed E-state index contributed by atoms with van der Waals surface area (Å²) in [6.07, 6.45) is 4.80. The molecule has 0 aliphatic carbocycles. The van der Waals surface area contributed by atoms with Crippen molar-refractivity contribution >= 4 is 22.9 Å². The lowest BCUT2D eigenvalue weighted by Crippen LogP contribution is -2.15. The van der Waals surface area contributed by atoms with E-state index in [9.17, 15) is 9.18 Å². The number of carbonyl (C=O) groups excluding carboxylic acids is 1. The molecule has 0 atom stereocenters. The van der Waals surface area contributed by atoms with E-state index in [1.165, 1.54) is 30.5 Å². The van der Waals surface area contributed by atoms with E-state index in [0.717, 1.165) is 5.69 Å². The maximum Gasteiger partial charge on any atom is 0.259 e. The molecule has 2 aromatic heterocycles. The van der Waals surface area contributed by atoms with Crippen molar-refractivity contribution in [2.45, 2.75) is 6.92 Å². The molecule has 2 heterocycles. The van der Waals surface area contributed by atoms with Crippen LogP contribution in [0.15, 0.2) is 65.6 Å². The summed E-state index contributed by atoms with van der Waals surface area (Å²) in [5.41, 5.74) is 1.84. The summed E-state index contributed by atoms with van der Waals surface area (Å²) < 4.78 is 18.0. The van der Waals surface area contributed by atoms with E-state index in [4.69, 9.17) is 4.52 Å². The van der Waals surface area contributed by atoms with Crippen LogP contribution in [0, 0.1) is 12.7 Å². The molecule has 3 aromatic rings. The molecule has 0 aliphatic heterocycles. The Labute approximate surface area is 143 Å². The summed E-state index contributed by atoms with van der Waals surface area (Å²) in [4.78, 5) is 16.6. The van der Waals surface area contributed by atoms with Gasteiger partial charge in [-0.3, -0.25) is 9.78 Å². The van der Waals surface area contributed by atoms with E-state index in [2.05, 4.69) is 20.8 Å². The monoisotopic (exact) mass is 338 g/mol. The van der Waals surface area contributed by atoms with Gasteiger partial charge < -0.3 is 15.2 Å². The van der Waals surface area contributed by atoms with Gasteiger partial charge in [-0.05, 0) is 43.3 Å². The molecule has 7 heteroatoms. The second-order valence-corrected chi connectivity index (χ2v) is 5.23. The summed E-state index contributed by atoms with van der Waals surface area (Å²) in [5.74, 6) is -0.202. The van der Waals surface area contributed by atoms with Crippen LogP contribution in [0.4, 0.5) is 15.8 Å². The second kappa shape index (κ2) is 7.39. The summed E-state index contributed by atoms with van der Waals surface area (Å²) in [6.45, 7) is 1.74. The van der Waals surface area contributed by atoms with Crippen molar-refractivity contribution in [2.75, 3.05) is 10.6 Å². The molecule has 0 saturated carbocycles. The average molecular weight is 338 g/mol. The minimum Gasteiger partial charge on any atom is -0.361 e. The molecular weight excluding hydrogens is 323 g/mol. The van der Waals surface area contributed by atoms with Gasteiger partial charge in [0.05, 0.1) is 17.5 Å². The molecule has 0 saturated heterocycles. The van der Waals surface area contributed by atoms with Crippen molar-refractivity contribution in [1.29, 1.82) is 0 Å². The zero-order valence-corrected chi connectivity index (χ0v) is 13.4. The van der Waals surface area contributed by atoms with Crippen molar-refractivity contribution in [3.05, 3.63) is 78.3 Å². The predicted octanol–water partition coefficient (Wildman–Crippen LogP) is 3.61. The maximum absolute atomic E-state index is 13.0. The Morgan fingerprint density at radius 3 is 2.64 bits per heavy atom. The lowest BCUT2D eigenvalue weighted by molar-refractivity contribution is -0.111. The molecule has 6 nitrogen and oxygen atoms in total. The van der Waals surface area contributed by atoms with Gasteiger partial charge in [0.2, 0.25) is 0 Å². The Kier molecular flexibility index (Phi) is 4.84. The van der Waals surface area contributed by atoms with E-state index in [1.807, 2.05) is 6.07 Å². The minimum atomic E-state index is -0.406. The first-order valence-corrected chi connectivity index (χ1v) is 7.49. The molecule has 0 radical (unpaired) electrons. The lowest BCUT2D eigenvalue weighted by atomic mass is 10.1. The fourth-order valence-corrected chi connectivity index (χ4v) is 2.08. The number of amides is 1. The molecule has 0 bridgehead atoms. The van der Waals surface area contributed by atoms with Gasteiger partial charge >= 0.3 is 0 Å². The van der Waals surface area contributed by atoms with Crippen LogP contribution in [-0.4, -0.2) is 16.0 Å². The van der Waals surface area contributed by atoms with Gasteiger partial charge in [0, 0.05) is 24.2 Å². The molecule has 0 spiro atoms. The molecule has 0 fully saturated rings. The molecule has 3 rings (SSSR count). The SMILES string of the molecule is Cc1cc(/C(=C\Nc2cccnc2)C(=O)Nc2ccc(F)cc2)no1. The largest absolute Gasteiger partial charge is 0.361 e. The number of halogens is 1. The Morgan fingerprint density at radius 2 is 2.00 bits per heavy atom. The molecule has 0 unspecified atom stereocenters. The molecule has 1 amide bonds. The zero-order valence-electron chi connectivity index (χ0n) is 13.4. The highest BCUT2D eigenvalue weighted by molar-refractivity contribution is 6.25. The first-order valence-electron chi connectivity index (χ1n) is 7.49. The lowest BCUT2D eigenvalue weighted by Gasteiger charge is -2.08. The standard InChI is InChI=1S/C18H15FN4O2/c1-12-9-17(23-25-12)16(11-21-15-3-2-8-20-10-15)18(24)22-14-6-4-13(19)5-7-14/h2-11,21H,1H3,(H,22,24)/b16-11+. The highest BCUT2D eigenvalue weighted by Gasteiger charge is 2.16. The predicted molar refractivity (Wildman–Crippen MR) is 92.1 cm³/mol. The quantitative estimate of drug-likeness (QED) is 0.695. The Bertz CT molecular complexity index is 889. The number of benzene rings is 1. The van der Waals surface area contributed by atoms with Crippen molar-refractivity contribution in [3.63, 3.8) is 0 Å². The number of hydrogen-bond acceptors (Lipinski definition) is 5. The van der Waals surface area contributed by atoms with Gasteiger partial charge in [-0.2, -0.15) is 0 Å². The van der Waals surface area contributed by atoms with Gasteiger partial charge in [-0.15, -0.1) is 0 Å². The maximum atomic E-state index is 13.0. The van der Waals surface area contributed by atoms with Gasteiger partial charge in [0.1, 0.15) is 17.3 Å². The van der Waals surface area contributed by atoms with Gasteiger partial charge in [-0.25, -0.2) is 4.39 Å². The van der Waals surface area contributed by atoms with E-state index >= 15 is 0 Å². The number of aryl methyl sites for hydroxylation is 1. The van der Waals surface area contributed by atoms with Crippen LogP contribution in [0.25, 0.3) is 5.57 Å². The Balaban J connectivity index is 1.85. The first-order chi connectivity index (χ1) is 12.1. The van der Waals surface area contributed by atoms with Crippen LogP contribution in [0.2, 0.25) is 0 Å². The van der Waals surface area contributed by atoms with E-state index < -0.39 is 5.91 Å². The summed E-state index contributed by atoms with van der Waals surface area (Å²) in [5, 5.41) is 9.59. The Hall–Kier alpha value is -3.48. The number of anilines is 2. The van der Waals surface area contributed by atoms with Crippen molar-refractivity contribution < 1.29 is 13.7 Å². The molecule has 25 heavy (non-hydrogen) atoms. The normalized spacial score (nSPS) is 11.2. The van der Waals surface area contributed by atoms with Gasteiger partial charge in [0.15, 0.2) is 0 Å². The Morgan fingerprint density at radius 1 is 1.20 bits per heavy atom. The summed E-state index contributed by atoms with van der Waals surface area (Å²) >= 11 is 0. The number of hydrogen-bond donors (Lipinski definition) is 2. The second-order valence-electron chi connectivity index (χ2n) is 5.23. The minimum absolute atomic E-state index is 0.269. The number of rotatable bonds is 5. The smallest absolute Gasteiger partial charge is 0.259 e.